The molecule has 0 radical (unpaired) electrons. The Labute approximate surface area is 105 Å². The molecular formula is C13H15FN2S. The Morgan fingerprint density at radius 2 is 2.00 bits per heavy atom. The number of aromatic nitrogens is 1. The van der Waals surface area contributed by atoms with Crippen molar-refractivity contribution in [2.75, 3.05) is 0 Å². The second-order valence-corrected chi connectivity index (χ2v) is 5.34. The Bertz CT molecular complexity index is 463. The first-order chi connectivity index (χ1) is 8.08. The Kier molecular flexibility index (Phi) is 3.54. The lowest BCUT2D eigenvalue weighted by Gasteiger charge is -2.23. The van der Waals surface area contributed by atoms with E-state index in [0.29, 0.717) is 6.54 Å². The number of rotatable bonds is 4. The summed E-state index contributed by atoms with van der Waals surface area (Å²) in [7, 11) is 0. The van der Waals surface area contributed by atoms with Crippen molar-refractivity contribution in [2.24, 2.45) is 0 Å². The second kappa shape index (κ2) is 4.94. The summed E-state index contributed by atoms with van der Waals surface area (Å²) in [6.45, 7) is 4.89. The molecule has 0 aliphatic heterocycles. The standard InChI is InChI=1S/C13H15FN2S/c1-13(2,12-15-7-8-17-12)16-9-10-3-5-11(14)6-4-10/h3-8,16H,9H2,1-2H3. The molecule has 0 bridgehead atoms. The van der Waals surface area contributed by atoms with Crippen molar-refractivity contribution in [1.29, 1.82) is 0 Å². The fraction of sp³-hybridized carbons (Fsp3) is 0.308. The normalized spacial score (nSPS) is 11.7. The SMILES string of the molecule is CC(C)(NCc1ccc(F)cc1)c1nccs1. The van der Waals surface area contributed by atoms with E-state index in [4.69, 9.17) is 0 Å². The van der Waals surface area contributed by atoms with Crippen molar-refractivity contribution in [1.82, 2.24) is 10.3 Å². The van der Waals surface area contributed by atoms with Crippen LogP contribution < -0.4 is 5.32 Å². The van der Waals surface area contributed by atoms with Crippen LogP contribution in [0.5, 0.6) is 0 Å². The van der Waals surface area contributed by atoms with Crippen molar-refractivity contribution in [3.63, 3.8) is 0 Å². The second-order valence-electron chi connectivity index (χ2n) is 4.44. The van der Waals surface area contributed by atoms with Crippen molar-refractivity contribution in [3.8, 4) is 0 Å². The average molecular weight is 250 g/mol. The van der Waals surface area contributed by atoms with Crippen LogP contribution >= 0.6 is 11.3 Å². The molecule has 0 aliphatic carbocycles. The molecule has 1 aromatic heterocycles. The summed E-state index contributed by atoms with van der Waals surface area (Å²) in [4.78, 5) is 4.31. The predicted octanol–water partition coefficient (Wildman–Crippen LogP) is 3.31. The van der Waals surface area contributed by atoms with E-state index in [2.05, 4.69) is 24.1 Å². The maximum atomic E-state index is 12.8. The highest BCUT2D eigenvalue weighted by molar-refractivity contribution is 7.09. The molecule has 17 heavy (non-hydrogen) atoms. The van der Waals surface area contributed by atoms with Crippen LogP contribution in [0.1, 0.15) is 24.4 Å². The van der Waals surface area contributed by atoms with Gasteiger partial charge in [0.05, 0.1) is 5.54 Å². The van der Waals surface area contributed by atoms with Gasteiger partial charge in [-0.15, -0.1) is 11.3 Å². The molecule has 2 rings (SSSR count). The summed E-state index contributed by atoms with van der Waals surface area (Å²) in [5, 5.41) is 6.45. The lowest BCUT2D eigenvalue weighted by molar-refractivity contribution is 0.399. The maximum Gasteiger partial charge on any atom is 0.123 e. The van der Waals surface area contributed by atoms with Crippen molar-refractivity contribution >= 4 is 11.3 Å². The Morgan fingerprint density at radius 3 is 2.59 bits per heavy atom. The zero-order valence-electron chi connectivity index (χ0n) is 9.90. The van der Waals surface area contributed by atoms with Crippen LogP contribution in [0.2, 0.25) is 0 Å². The summed E-state index contributed by atoms with van der Waals surface area (Å²) >= 11 is 1.63. The van der Waals surface area contributed by atoms with Gasteiger partial charge in [0.1, 0.15) is 10.8 Å². The molecule has 90 valence electrons. The van der Waals surface area contributed by atoms with Gasteiger partial charge in [0.2, 0.25) is 0 Å². The van der Waals surface area contributed by atoms with E-state index in [0.717, 1.165) is 10.6 Å². The van der Waals surface area contributed by atoms with Gasteiger partial charge in [-0.2, -0.15) is 0 Å². The predicted molar refractivity (Wildman–Crippen MR) is 68.4 cm³/mol. The van der Waals surface area contributed by atoms with Gasteiger partial charge in [0.25, 0.3) is 0 Å². The zero-order chi connectivity index (χ0) is 12.3. The van der Waals surface area contributed by atoms with Crippen molar-refractivity contribution < 1.29 is 4.39 Å². The fourth-order valence-corrected chi connectivity index (χ4v) is 2.27. The molecule has 0 spiro atoms. The molecule has 0 fully saturated rings. The van der Waals surface area contributed by atoms with E-state index in [1.807, 2.05) is 5.38 Å². The van der Waals surface area contributed by atoms with Crippen molar-refractivity contribution in [2.45, 2.75) is 25.9 Å². The number of hydrogen-bond donors (Lipinski definition) is 1. The number of thiazole rings is 1. The van der Waals surface area contributed by atoms with Crippen LogP contribution in [0, 0.1) is 5.82 Å². The van der Waals surface area contributed by atoms with E-state index in [9.17, 15) is 4.39 Å². The van der Waals surface area contributed by atoms with Crippen molar-refractivity contribution in [3.05, 3.63) is 52.2 Å². The molecule has 4 heteroatoms. The van der Waals surface area contributed by atoms with Gasteiger partial charge in [-0.05, 0) is 31.5 Å². The molecule has 0 aliphatic rings. The largest absolute Gasteiger partial charge is 0.302 e. The first-order valence-electron chi connectivity index (χ1n) is 5.47. The highest BCUT2D eigenvalue weighted by atomic mass is 32.1. The van der Waals surface area contributed by atoms with Gasteiger partial charge >= 0.3 is 0 Å². The fourth-order valence-electron chi connectivity index (χ4n) is 1.53. The molecular weight excluding hydrogens is 235 g/mol. The minimum Gasteiger partial charge on any atom is -0.302 e. The highest BCUT2D eigenvalue weighted by Gasteiger charge is 2.22. The smallest absolute Gasteiger partial charge is 0.123 e. The Balaban J connectivity index is 2.00. The minimum absolute atomic E-state index is 0.164. The summed E-state index contributed by atoms with van der Waals surface area (Å²) < 4.78 is 12.8. The molecule has 1 N–H and O–H groups in total. The van der Waals surface area contributed by atoms with Crippen LogP contribution in [0.25, 0.3) is 0 Å². The Hall–Kier alpha value is -1.26. The van der Waals surface area contributed by atoms with E-state index in [1.165, 1.54) is 12.1 Å². The minimum atomic E-state index is -0.201. The molecule has 0 saturated heterocycles. The van der Waals surface area contributed by atoms with E-state index < -0.39 is 0 Å². The number of hydrogen-bond acceptors (Lipinski definition) is 3. The highest BCUT2D eigenvalue weighted by Crippen LogP contribution is 2.22. The van der Waals surface area contributed by atoms with Gasteiger partial charge in [-0.25, -0.2) is 9.37 Å². The quantitative estimate of drug-likeness (QED) is 0.900. The zero-order valence-corrected chi connectivity index (χ0v) is 10.7. The van der Waals surface area contributed by atoms with E-state index in [-0.39, 0.29) is 11.4 Å². The number of nitrogens with one attached hydrogen (secondary N) is 1. The summed E-state index contributed by atoms with van der Waals surface area (Å²) in [5.74, 6) is -0.201. The lowest BCUT2D eigenvalue weighted by atomic mass is 10.1. The lowest BCUT2D eigenvalue weighted by Crippen LogP contribution is -2.35. The third-order valence-electron chi connectivity index (χ3n) is 2.61. The Morgan fingerprint density at radius 1 is 1.29 bits per heavy atom. The van der Waals surface area contributed by atoms with Crippen LogP contribution in [0.3, 0.4) is 0 Å². The molecule has 0 amide bonds. The summed E-state index contributed by atoms with van der Waals surface area (Å²) in [5.41, 5.74) is 0.902. The van der Waals surface area contributed by atoms with E-state index >= 15 is 0 Å². The third kappa shape index (κ3) is 3.11. The van der Waals surface area contributed by atoms with Gasteiger partial charge in [0.15, 0.2) is 0 Å². The van der Waals surface area contributed by atoms with E-state index in [1.54, 1.807) is 29.7 Å². The molecule has 0 unspecified atom stereocenters. The van der Waals surface area contributed by atoms with Crippen LogP contribution in [0.15, 0.2) is 35.8 Å². The first kappa shape index (κ1) is 12.2. The molecule has 1 heterocycles. The third-order valence-corrected chi connectivity index (χ3v) is 3.71. The number of benzene rings is 1. The molecule has 1 aromatic carbocycles. The topological polar surface area (TPSA) is 24.9 Å². The first-order valence-corrected chi connectivity index (χ1v) is 6.35. The molecule has 0 atom stereocenters. The maximum absolute atomic E-state index is 12.8. The van der Waals surface area contributed by atoms with Gasteiger partial charge in [-0.3, -0.25) is 0 Å². The molecule has 0 saturated carbocycles. The van der Waals surface area contributed by atoms with Gasteiger partial charge in [0, 0.05) is 18.1 Å². The number of nitrogens with zero attached hydrogens (tertiary/aromatic N) is 1. The molecule has 2 aromatic rings. The van der Waals surface area contributed by atoms with Crippen LogP contribution in [-0.4, -0.2) is 4.98 Å². The summed E-state index contributed by atoms with van der Waals surface area (Å²) in [6.07, 6.45) is 1.81. The van der Waals surface area contributed by atoms with Gasteiger partial charge < -0.3 is 5.32 Å². The van der Waals surface area contributed by atoms with Crippen LogP contribution in [-0.2, 0) is 12.1 Å². The average Bonchev–Trinajstić information content (AvgIpc) is 2.82. The van der Waals surface area contributed by atoms with Gasteiger partial charge in [-0.1, -0.05) is 12.1 Å². The molecule has 2 nitrogen and oxygen atoms in total. The monoisotopic (exact) mass is 250 g/mol. The number of halogens is 1. The van der Waals surface area contributed by atoms with Crippen LogP contribution in [0.4, 0.5) is 4.39 Å². The summed E-state index contributed by atoms with van der Waals surface area (Å²) in [6, 6.07) is 6.54.